The first-order valence-corrected chi connectivity index (χ1v) is 14.4. The number of nitrogens with zero attached hydrogens (tertiary/aromatic N) is 2. The maximum absolute atomic E-state index is 14.9. The van der Waals surface area contributed by atoms with E-state index in [-0.39, 0.29) is 17.1 Å². The Bertz CT molecular complexity index is 1670. The molecule has 2 N–H and O–H groups in total. The van der Waals surface area contributed by atoms with Crippen LogP contribution in [0.25, 0.3) is 11.3 Å². The van der Waals surface area contributed by atoms with Crippen molar-refractivity contribution >= 4 is 11.9 Å². The lowest BCUT2D eigenvalue weighted by molar-refractivity contribution is -0.129. The number of halogens is 1. The van der Waals surface area contributed by atoms with Crippen LogP contribution < -0.4 is 10.1 Å². The van der Waals surface area contributed by atoms with E-state index in [0.29, 0.717) is 41.6 Å². The second-order valence-corrected chi connectivity index (χ2v) is 11.6. The fourth-order valence-electron chi connectivity index (χ4n) is 5.22. The number of amides is 3. The van der Waals surface area contributed by atoms with Gasteiger partial charge in [-0.25, -0.2) is 14.2 Å². The summed E-state index contributed by atoms with van der Waals surface area (Å²) in [5, 5.41) is 2.83. The number of ether oxygens (including phenoxy) is 2. The van der Waals surface area contributed by atoms with E-state index in [2.05, 4.69) is 21.2 Å². The number of aromatic nitrogens is 2. The van der Waals surface area contributed by atoms with Crippen LogP contribution in [0.4, 0.5) is 9.18 Å². The number of imide groups is 1. The van der Waals surface area contributed by atoms with E-state index in [4.69, 9.17) is 15.9 Å². The number of imidazole rings is 1. The number of aromatic amines is 1. The summed E-state index contributed by atoms with van der Waals surface area (Å²) in [5.74, 6) is 2.13. The standard InChI is InChI=1S/C35H35FN4O4/c1-6-23-12-17-27(28(36)20-23)29-21-37-32(38-29)31(22(2)24-10-8-7-9-11-24)40-33(41)30(39-34(40)42)25-13-15-26(16-14-25)43-18-19-44-35(3,4)5/h1,7-17,20-22,30-31H,18-19H2,2-5H3,(H,37,38)(H,39,42)/t22-,30?,31-/m0/s1. The van der Waals surface area contributed by atoms with Gasteiger partial charge in [0.1, 0.15) is 36.1 Å². The number of hydrogen-bond donors (Lipinski definition) is 2. The fraction of sp³-hybridized carbons (Fsp3) is 0.286. The molecule has 4 aromatic rings. The molecule has 8 nitrogen and oxygen atoms in total. The number of carbonyl (C=O) groups is 2. The molecule has 0 aliphatic carbocycles. The number of benzene rings is 3. The van der Waals surface area contributed by atoms with Crippen molar-refractivity contribution in [2.75, 3.05) is 13.2 Å². The zero-order chi connectivity index (χ0) is 31.4. The van der Waals surface area contributed by atoms with Crippen molar-refractivity contribution in [3.63, 3.8) is 0 Å². The summed E-state index contributed by atoms with van der Waals surface area (Å²) in [6.45, 7) is 8.68. The van der Waals surface area contributed by atoms with E-state index >= 15 is 0 Å². The molecule has 2 heterocycles. The van der Waals surface area contributed by atoms with Crippen molar-refractivity contribution in [3.05, 3.63) is 107 Å². The fourth-order valence-corrected chi connectivity index (χ4v) is 5.22. The molecule has 0 bridgehead atoms. The molecule has 1 aliphatic rings. The van der Waals surface area contributed by atoms with Gasteiger partial charge in [-0.1, -0.05) is 55.3 Å². The molecule has 0 saturated carbocycles. The highest BCUT2D eigenvalue weighted by molar-refractivity contribution is 6.05. The minimum Gasteiger partial charge on any atom is -0.491 e. The Kier molecular flexibility index (Phi) is 8.83. The molecule has 1 fully saturated rings. The monoisotopic (exact) mass is 594 g/mol. The molecule has 226 valence electrons. The maximum Gasteiger partial charge on any atom is 0.325 e. The number of hydrogen-bond acceptors (Lipinski definition) is 5. The third kappa shape index (κ3) is 6.66. The zero-order valence-corrected chi connectivity index (χ0v) is 25.1. The van der Waals surface area contributed by atoms with Gasteiger partial charge >= 0.3 is 6.03 Å². The minimum atomic E-state index is -0.894. The number of H-pyrrole nitrogens is 1. The normalized spacial score (nSPS) is 16.4. The molecule has 1 saturated heterocycles. The highest BCUT2D eigenvalue weighted by Gasteiger charge is 2.46. The number of nitrogens with one attached hydrogen (secondary N) is 2. The summed E-state index contributed by atoms with van der Waals surface area (Å²) in [6.07, 6.45) is 6.91. The lowest BCUT2D eigenvalue weighted by Gasteiger charge is -2.29. The van der Waals surface area contributed by atoms with Gasteiger partial charge in [0.15, 0.2) is 0 Å². The van der Waals surface area contributed by atoms with Crippen molar-refractivity contribution in [3.8, 4) is 29.4 Å². The van der Waals surface area contributed by atoms with Crippen LogP contribution in [0, 0.1) is 18.2 Å². The number of carbonyl (C=O) groups excluding carboxylic acids is 2. The lowest BCUT2D eigenvalue weighted by atomic mass is 9.91. The average molecular weight is 595 g/mol. The van der Waals surface area contributed by atoms with Gasteiger partial charge in [-0.2, -0.15) is 0 Å². The molecule has 1 aromatic heterocycles. The Hall–Kier alpha value is -4.94. The number of rotatable bonds is 10. The van der Waals surface area contributed by atoms with Crippen LogP contribution in [0.1, 0.15) is 68.2 Å². The van der Waals surface area contributed by atoms with Crippen molar-refractivity contribution in [1.82, 2.24) is 20.2 Å². The van der Waals surface area contributed by atoms with Gasteiger partial charge in [-0.05, 0) is 62.2 Å². The van der Waals surface area contributed by atoms with E-state index in [1.807, 2.05) is 58.0 Å². The Labute approximate surface area is 256 Å². The van der Waals surface area contributed by atoms with Crippen LogP contribution in [-0.2, 0) is 9.53 Å². The summed E-state index contributed by atoms with van der Waals surface area (Å²) in [7, 11) is 0. The molecule has 1 aliphatic heterocycles. The molecule has 3 amide bonds. The quantitative estimate of drug-likeness (QED) is 0.124. The van der Waals surface area contributed by atoms with Crippen molar-refractivity contribution < 1.29 is 23.5 Å². The van der Waals surface area contributed by atoms with Gasteiger partial charge < -0.3 is 19.8 Å². The third-order valence-corrected chi connectivity index (χ3v) is 7.45. The summed E-state index contributed by atoms with van der Waals surface area (Å²) < 4.78 is 26.4. The van der Waals surface area contributed by atoms with E-state index in [1.165, 1.54) is 17.2 Å². The van der Waals surface area contributed by atoms with Crippen LogP contribution in [-0.4, -0.2) is 45.6 Å². The van der Waals surface area contributed by atoms with Crippen molar-refractivity contribution in [2.45, 2.75) is 51.3 Å². The summed E-state index contributed by atoms with van der Waals surface area (Å²) in [5.41, 5.74) is 2.36. The minimum absolute atomic E-state index is 0.253. The second-order valence-electron chi connectivity index (χ2n) is 11.6. The van der Waals surface area contributed by atoms with Gasteiger partial charge in [-0.15, -0.1) is 6.42 Å². The molecule has 3 aromatic carbocycles. The predicted octanol–water partition coefficient (Wildman–Crippen LogP) is 6.53. The van der Waals surface area contributed by atoms with Crippen LogP contribution in [0.5, 0.6) is 5.75 Å². The smallest absolute Gasteiger partial charge is 0.325 e. The second kappa shape index (κ2) is 12.7. The van der Waals surface area contributed by atoms with Crippen molar-refractivity contribution in [2.24, 2.45) is 0 Å². The first-order valence-electron chi connectivity index (χ1n) is 14.4. The summed E-state index contributed by atoms with van der Waals surface area (Å²) in [6, 6.07) is 18.8. The van der Waals surface area contributed by atoms with Crippen LogP contribution in [0.2, 0.25) is 0 Å². The SMILES string of the molecule is C#Cc1ccc(-c2cnc([C@H]([C@@H](C)c3ccccc3)N3C(=O)NC(c4ccc(OCCOC(C)(C)C)cc4)C3=O)[nH]2)c(F)c1. The van der Waals surface area contributed by atoms with Gasteiger partial charge in [0, 0.05) is 17.0 Å². The Morgan fingerprint density at radius 1 is 1.05 bits per heavy atom. The van der Waals surface area contributed by atoms with Crippen LogP contribution in [0.15, 0.2) is 79.0 Å². The topological polar surface area (TPSA) is 96.6 Å². The molecule has 3 atom stereocenters. The average Bonchev–Trinajstić information content (AvgIpc) is 3.60. The molecule has 0 radical (unpaired) electrons. The van der Waals surface area contributed by atoms with Crippen LogP contribution in [0.3, 0.4) is 0 Å². The van der Waals surface area contributed by atoms with E-state index in [0.717, 1.165) is 5.56 Å². The first kappa shape index (κ1) is 30.5. The Morgan fingerprint density at radius 3 is 2.43 bits per heavy atom. The molecular formula is C35H35FN4O4. The third-order valence-electron chi connectivity index (χ3n) is 7.45. The molecule has 1 unspecified atom stereocenters. The van der Waals surface area contributed by atoms with Gasteiger partial charge in [-0.3, -0.25) is 9.69 Å². The maximum atomic E-state index is 14.9. The number of terminal acetylenes is 1. The van der Waals surface area contributed by atoms with Crippen molar-refractivity contribution in [1.29, 1.82) is 0 Å². The van der Waals surface area contributed by atoms with Gasteiger partial charge in [0.05, 0.1) is 24.1 Å². The predicted molar refractivity (Wildman–Crippen MR) is 165 cm³/mol. The molecule has 9 heteroatoms. The first-order chi connectivity index (χ1) is 21.1. The molecule has 0 spiro atoms. The Morgan fingerprint density at radius 2 is 1.77 bits per heavy atom. The van der Waals surface area contributed by atoms with Gasteiger partial charge in [0.25, 0.3) is 5.91 Å². The highest BCUT2D eigenvalue weighted by atomic mass is 19.1. The van der Waals surface area contributed by atoms with E-state index in [1.54, 1.807) is 36.4 Å². The molecule has 5 rings (SSSR count). The molecular weight excluding hydrogens is 559 g/mol. The largest absolute Gasteiger partial charge is 0.491 e. The number of urea groups is 1. The Balaban J connectivity index is 1.41. The zero-order valence-electron chi connectivity index (χ0n) is 25.1. The van der Waals surface area contributed by atoms with Gasteiger partial charge in [0.2, 0.25) is 0 Å². The summed E-state index contributed by atoms with van der Waals surface area (Å²) in [4.78, 5) is 36.3. The lowest BCUT2D eigenvalue weighted by Crippen LogP contribution is -2.38. The van der Waals surface area contributed by atoms with E-state index in [9.17, 15) is 14.0 Å². The van der Waals surface area contributed by atoms with Crippen LogP contribution >= 0.6 is 0 Å². The highest BCUT2D eigenvalue weighted by Crippen LogP contribution is 2.39. The van der Waals surface area contributed by atoms with E-state index < -0.39 is 29.8 Å². The summed E-state index contributed by atoms with van der Waals surface area (Å²) >= 11 is 0. The molecule has 44 heavy (non-hydrogen) atoms.